The van der Waals surface area contributed by atoms with E-state index < -0.39 is 0 Å². The molecule has 0 radical (unpaired) electrons. The molecule has 1 aromatic carbocycles. The topological polar surface area (TPSA) is 74.8 Å². The van der Waals surface area contributed by atoms with Crippen molar-refractivity contribution in [3.63, 3.8) is 0 Å². The summed E-state index contributed by atoms with van der Waals surface area (Å²) in [5.41, 5.74) is 8.52. The SMILES string of the molecule is Cc1sc(C(=N)N)cc1-c1csc(Nc2ccccc2)n1. The van der Waals surface area contributed by atoms with E-state index in [0.29, 0.717) is 0 Å². The van der Waals surface area contributed by atoms with Crippen LogP contribution < -0.4 is 11.1 Å². The van der Waals surface area contributed by atoms with Crippen molar-refractivity contribution in [3.05, 3.63) is 51.5 Å². The minimum Gasteiger partial charge on any atom is -0.383 e. The highest BCUT2D eigenvalue weighted by Gasteiger charge is 2.12. The molecule has 3 rings (SSSR count). The lowest BCUT2D eigenvalue weighted by molar-refractivity contribution is 1.38. The summed E-state index contributed by atoms with van der Waals surface area (Å²) in [7, 11) is 0. The molecule has 0 bridgehead atoms. The molecule has 0 amide bonds. The summed E-state index contributed by atoms with van der Waals surface area (Å²) in [5.74, 6) is 0.104. The van der Waals surface area contributed by atoms with Crippen LogP contribution in [-0.2, 0) is 0 Å². The second kappa shape index (κ2) is 5.67. The molecule has 2 aromatic heterocycles. The molecule has 106 valence electrons. The van der Waals surface area contributed by atoms with E-state index in [9.17, 15) is 0 Å². The Kier molecular flexibility index (Phi) is 3.72. The zero-order valence-electron chi connectivity index (χ0n) is 11.4. The second-order valence-electron chi connectivity index (χ2n) is 4.52. The van der Waals surface area contributed by atoms with Gasteiger partial charge < -0.3 is 11.1 Å². The van der Waals surface area contributed by atoms with Gasteiger partial charge in [0.05, 0.1) is 10.6 Å². The van der Waals surface area contributed by atoms with Crippen molar-refractivity contribution in [3.8, 4) is 11.3 Å². The number of hydrogen-bond donors (Lipinski definition) is 3. The van der Waals surface area contributed by atoms with E-state index in [1.54, 1.807) is 11.3 Å². The first-order valence-electron chi connectivity index (χ1n) is 6.36. The predicted octanol–water partition coefficient (Wildman–Crippen LogP) is 4.21. The lowest BCUT2D eigenvalue weighted by atomic mass is 10.2. The van der Waals surface area contributed by atoms with Crippen molar-refractivity contribution in [2.45, 2.75) is 6.92 Å². The number of amidine groups is 1. The molecular weight excluding hydrogens is 300 g/mol. The number of aryl methyl sites for hydroxylation is 1. The van der Waals surface area contributed by atoms with Gasteiger partial charge in [-0.25, -0.2) is 4.98 Å². The summed E-state index contributed by atoms with van der Waals surface area (Å²) in [5, 5.41) is 13.7. The number of nitrogen functional groups attached to an aromatic ring is 1. The van der Waals surface area contributed by atoms with Gasteiger partial charge in [0, 0.05) is 21.5 Å². The zero-order chi connectivity index (χ0) is 14.8. The fraction of sp³-hybridized carbons (Fsp3) is 0.0667. The Balaban J connectivity index is 1.86. The summed E-state index contributed by atoms with van der Waals surface area (Å²) in [4.78, 5) is 6.52. The number of rotatable bonds is 4. The quantitative estimate of drug-likeness (QED) is 0.499. The predicted molar refractivity (Wildman–Crippen MR) is 90.9 cm³/mol. The summed E-state index contributed by atoms with van der Waals surface area (Å²) in [6.45, 7) is 2.02. The minimum atomic E-state index is 0.104. The van der Waals surface area contributed by atoms with E-state index in [0.717, 1.165) is 31.8 Å². The van der Waals surface area contributed by atoms with Gasteiger partial charge >= 0.3 is 0 Å². The van der Waals surface area contributed by atoms with Gasteiger partial charge in [-0.2, -0.15) is 0 Å². The molecule has 0 spiro atoms. The van der Waals surface area contributed by atoms with Gasteiger partial charge in [0.15, 0.2) is 5.13 Å². The normalized spacial score (nSPS) is 10.5. The maximum Gasteiger partial charge on any atom is 0.187 e. The molecule has 0 aliphatic rings. The summed E-state index contributed by atoms with van der Waals surface area (Å²) < 4.78 is 0. The van der Waals surface area contributed by atoms with Crippen molar-refractivity contribution in [2.24, 2.45) is 5.73 Å². The molecule has 4 N–H and O–H groups in total. The third-order valence-corrected chi connectivity index (χ3v) is 4.83. The molecule has 3 aromatic rings. The third kappa shape index (κ3) is 2.96. The van der Waals surface area contributed by atoms with E-state index in [2.05, 4.69) is 10.3 Å². The van der Waals surface area contributed by atoms with Crippen LogP contribution in [0.4, 0.5) is 10.8 Å². The maximum atomic E-state index is 7.52. The highest BCUT2D eigenvalue weighted by atomic mass is 32.1. The van der Waals surface area contributed by atoms with Crippen molar-refractivity contribution in [1.29, 1.82) is 5.41 Å². The average Bonchev–Trinajstić information content (AvgIpc) is 3.06. The van der Waals surface area contributed by atoms with E-state index in [-0.39, 0.29) is 5.84 Å². The molecular formula is C15H14N4S2. The molecule has 0 fully saturated rings. The second-order valence-corrected chi connectivity index (χ2v) is 6.64. The lowest BCUT2D eigenvalue weighted by Gasteiger charge is -2.00. The maximum absolute atomic E-state index is 7.52. The fourth-order valence-electron chi connectivity index (χ4n) is 1.97. The molecule has 2 heterocycles. The number of anilines is 2. The Morgan fingerprint density at radius 1 is 1.29 bits per heavy atom. The molecule has 0 saturated carbocycles. The molecule has 4 nitrogen and oxygen atoms in total. The highest BCUT2D eigenvalue weighted by Crippen LogP contribution is 2.33. The lowest BCUT2D eigenvalue weighted by Crippen LogP contribution is -2.08. The average molecular weight is 314 g/mol. The largest absolute Gasteiger partial charge is 0.383 e. The van der Waals surface area contributed by atoms with Gasteiger partial charge in [0.25, 0.3) is 0 Å². The monoisotopic (exact) mass is 314 g/mol. The van der Waals surface area contributed by atoms with Crippen LogP contribution in [0.5, 0.6) is 0 Å². The van der Waals surface area contributed by atoms with Gasteiger partial charge in [0.2, 0.25) is 0 Å². The molecule has 0 atom stereocenters. The number of benzene rings is 1. The summed E-state index contributed by atoms with van der Waals surface area (Å²) in [6.07, 6.45) is 0. The Labute approximate surface area is 130 Å². The smallest absolute Gasteiger partial charge is 0.187 e. The van der Waals surface area contributed by atoms with Crippen molar-refractivity contribution < 1.29 is 0 Å². The fourth-order valence-corrected chi connectivity index (χ4v) is 3.59. The molecule has 0 unspecified atom stereocenters. The number of aromatic nitrogens is 1. The Hall–Kier alpha value is -2.18. The number of thiazole rings is 1. The first kappa shape index (κ1) is 13.8. The molecule has 21 heavy (non-hydrogen) atoms. The standard InChI is InChI=1S/C15H14N4S2/c1-9-11(7-13(21-9)14(16)17)12-8-20-15(19-12)18-10-5-3-2-4-6-10/h2-8H,1H3,(H3,16,17)(H,18,19). The van der Waals surface area contributed by atoms with Crippen molar-refractivity contribution in [2.75, 3.05) is 5.32 Å². The first-order chi connectivity index (χ1) is 10.1. The molecule has 6 heteroatoms. The van der Waals surface area contributed by atoms with Crippen molar-refractivity contribution in [1.82, 2.24) is 4.98 Å². The number of hydrogen-bond acceptors (Lipinski definition) is 5. The van der Waals surface area contributed by atoms with Gasteiger partial charge in [-0.15, -0.1) is 22.7 Å². The number of nitrogens with one attached hydrogen (secondary N) is 2. The van der Waals surface area contributed by atoms with Crippen LogP contribution in [-0.4, -0.2) is 10.8 Å². The molecule has 0 aliphatic carbocycles. The van der Waals surface area contributed by atoms with Gasteiger partial charge in [-0.3, -0.25) is 5.41 Å². The van der Waals surface area contributed by atoms with Crippen LogP contribution in [0, 0.1) is 12.3 Å². The van der Waals surface area contributed by atoms with Crippen LogP contribution in [0.2, 0.25) is 0 Å². The van der Waals surface area contributed by atoms with Crippen LogP contribution in [0.25, 0.3) is 11.3 Å². The van der Waals surface area contributed by atoms with Gasteiger partial charge in [-0.05, 0) is 25.1 Å². The first-order valence-corrected chi connectivity index (χ1v) is 8.06. The van der Waals surface area contributed by atoms with Crippen LogP contribution in [0.1, 0.15) is 9.75 Å². The van der Waals surface area contributed by atoms with Gasteiger partial charge in [-0.1, -0.05) is 18.2 Å². The van der Waals surface area contributed by atoms with Gasteiger partial charge in [0.1, 0.15) is 5.84 Å². The molecule has 0 saturated heterocycles. The highest BCUT2D eigenvalue weighted by molar-refractivity contribution is 7.15. The number of nitrogens with two attached hydrogens (primary N) is 1. The minimum absolute atomic E-state index is 0.104. The number of nitrogens with zero attached hydrogens (tertiary/aromatic N) is 1. The van der Waals surface area contributed by atoms with E-state index in [1.165, 1.54) is 11.3 Å². The van der Waals surface area contributed by atoms with Crippen LogP contribution >= 0.6 is 22.7 Å². The summed E-state index contributed by atoms with van der Waals surface area (Å²) in [6, 6.07) is 11.9. The van der Waals surface area contributed by atoms with E-state index >= 15 is 0 Å². The molecule has 0 aliphatic heterocycles. The zero-order valence-corrected chi connectivity index (χ0v) is 13.0. The number of para-hydroxylation sites is 1. The number of thiophene rings is 1. The Morgan fingerprint density at radius 3 is 2.71 bits per heavy atom. The van der Waals surface area contributed by atoms with Crippen molar-refractivity contribution >= 4 is 39.3 Å². The van der Waals surface area contributed by atoms with Crippen LogP contribution in [0.15, 0.2) is 41.8 Å². The Bertz CT molecular complexity index is 774. The Morgan fingerprint density at radius 2 is 2.05 bits per heavy atom. The summed E-state index contributed by atoms with van der Waals surface area (Å²) >= 11 is 3.09. The van der Waals surface area contributed by atoms with E-state index in [1.807, 2.05) is 48.7 Å². The van der Waals surface area contributed by atoms with Crippen LogP contribution in [0.3, 0.4) is 0 Å². The van der Waals surface area contributed by atoms with E-state index in [4.69, 9.17) is 11.1 Å². The third-order valence-electron chi connectivity index (χ3n) is 2.99.